The molecule has 1 aliphatic rings. The van der Waals surface area contributed by atoms with Crippen molar-refractivity contribution in [3.05, 3.63) is 46.2 Å². The fourth-order valence-electron chi connectivity index (χ4n) is 2.86. The maximum atomic E-state index is 12.2. The molecule has 0 bridgehead atoms. The van der Waals surface area contributed by atoms with Crippen LogP contribution in [0, 0.1) is 0 Å². The van der Waals surface area contributed by atoms with Gasteiger partial charge in [0.1, 0.15) is 0 Å². The van der Waals surface area contributed by atoms with Crippen molar-refractivity contribution in [3.8, 4) is 0 Å². The number of sulfonamides is 1. The van der Waals surface area contributed by atoms with Crippen molar-refractivity contribution in [2.45, 2.75) is 26.2 Å². The Hall–Kier alpha value is -1.86. The summed E-state index contributed by atoms with van der Waals surface area (Å²) in [5.41, 5.74) is 2.41. The van der Waals surface area contributed by atoms with Gasteiger partial charge in [0, 0.05) is 17.1 Å². The van der Waals surface area contributed by atoms with Gasteiger partial charge in [-0.1, -0.05) is 6.07 Å². The number of rotatable bonds is 5. The highest BCUT2D eigenvalue weighted by Gasteiger charge is 2.26. The average Bonchev–Trinajstić information content (AvgIpc) is 3.06. The molecule has 0 aliphatic carbocycles. The second-order valence-electron chi connectivity index (χ2n) is 5.72. The Morgan fingerprint density at radius 2 is 2.17 bits per heavy atom. The third-order valence-electron chi connectivity index (χ3n) is 4.05. The summed E-state index contributed by atoms with van der Waals surface area (Å²) < 4.78 is 25.9. The lowest BCUT2D eigenvalue weighted by molar-refractivity contribution is -0.115. The first-order valence-electron chi connectivity index (χ1n) is 7.95. The zero-order valence-corrected chi connectivity index (χ0v) is 15.1. The van der Waals surface area contributed by atoms with E-state index in [0.717, 1.165) is 29.0 Å². The number of hydrogen-bond acceptors (Lipinski definition) is 4. The lowest BCUT2D eigenvalue weighted by Crippen LogP contribution is -2.36. The van der Waals surface area contributed by atoms with E-state index in [2.05, 4.69) is 5.32 Å². The molecule has 0 radical (unpaired) electrons. The summed E-state index contributed by atoms with van der Waals surface area (Å²) in [5.74, 6) is 0.0254. The highest BCUT2D eigenvalue weighted by atomic mass is 32.2. The van der Waals surface area contributed by atoms with Crippen molar-refractivity contribution in [1.29, 1.82) is 0 Å². The van der Waals surface area contributed by atoms with Gasteiger partial charge < -0.3 is 5.32 Å². The molecule has 0 fully saturated rings. The van der Waals surface area contributed by atoms with E-state index in [1.165, 1.54) is 4.31 Å². The summed E-state index contributed by atoms with van der Waals surface area (Å²) in [6.45, 7) is 2.18. The smallest absolute Gasteiger partial charge is 0.234 e. The molecule has 24 heavy (non-hydrogen) atoms. The molecule has 7 heteroatoms. The van der Waals surface area contributed by atoms with Crippen LogP contribution in [0.4, 0.5) is 11.4 Å². The second-order valence-corrected chi connectivity index (χ2v) is 8.94. The SMILES string of the molecule is CCS(=O)(=O)N1CCCc2cc(NC(=O)Cc3cccs3)ccc21. The summed E-state index contributed by atoms with van der Waals surface area (Å²) in [5, 5.41) is 4.85. The molecule has 0 saturated heterocycles. The van der Waals surface area contributed by atoms with Crippen molar-refractivity contribution in [3.63, 3.8) is 0 Å². The molecule has 0 spiro atoms. The normalized spacial score (nSPS) is 14.3. The first-order chi connectivity index (χ1) is 11.5. The van der Waals surface area contributed by atoms with Gasteiger partial charge in [-0.15, -0.1) is 11.3 Å². The van der Waals surface area contributed by atoms with Crippen LogP contribution in [-0.2, 0) is 27.7 Å². The molecule has 5 nitrogen and oxygen atoms in total. The zero-order chi connectivity index (χ0) is 17.2. The van der Waals surface area contributed by atoms with Crippen LogP contribution in [0.5, 0.6) is 0 Å². The first-order valence-corrected chi connectivity index (χ1v) is 10.4. The highest BCUT2D eigenvalue weighted by Crippen LogP contribution is 2.31. The Kier molecular flexibility index (Phi) is 4.91. The summed E-state index contributed by atoms with van der Waals surface area (Å²) in [7, 11) is -3.26. The van der Waals surface area contributed by atoms with E-state index in [-0.39, 0.29) is 11.7 Å². The lowest BCUT2D eigenvalue weighted by atomic mass is 10.0. The molecule has 2 heterocycles. The third kappa shape index (κ3) is 3.62. The van der Waals surface area contributed by atoms with Gasteiger partial charge in [-0.2, -0.15) is 0 Å². The van der Waals surface area contributed by atoms with Crippen LogP contribution in [0.25, 0.3) is 0 Å². The van der Waals surface area contributed by atoms with Gasteiger partial charge in [-0.25, -0.2) is 8.42 Å². The standard InChI is InChI=1S/C17H20N2O3S2/c1-2-24(21,22)19-9-3-5-13-11-14(7-8-16(13)19)18-17(20)12-15-6-4-10-23-15/h4,6-8,10-11H,2-3,5,9,12H2,1H3,(H,18,20). The number of fused-ring (bicyclic) bond motifs is 1. The molecule has 1 N–H and O–H groups in total. The summed E-state index contributed by atoms with van der Waals surface area (Å²) in [4.78, 5) is 13.1. The van der Waals surface area contributed by atoms with Gasteiger partial charge in [0.05, 0.1) is 17.9 Å². The number of nitrogens with zero attached hydrogens (tertiary/aromatic N) is 1. The predicted molar refractivity (Wildman–Crippen MR) is 98.2 cm³/mol. The minimum atomic E-state index is -3.26. The molecule has 0 saturated carbocycles. The van der Waals surface area contributed by atoms with E-state index >= 15 is 0 Å². The van der Waals surface area contributed by atoms with Crippen molar-refractivity contribution >= 4 is 38.6 Å². The van der Waals surface area contributed by atoms with Gasteiger partial charge >= 0.3 is 0 Å². The summed E-state index contributed by atoms with van der Waals surface area (Å²) in [6, 6.07) is 9.32. The minimum Gasteiger partial charge on any atom is -0.326 e. The molecule has 1 aromatic carbocycles. The number of benzene rings is 1. The number of thiophene rings is 1. The van der Waals surface area contributed by atoms with Crippen molar-refractivity contribution in [2.24, 2.45) is 0 Å². The maximum absolute atomic E-state index is 12.2. The van der Waals surface area contributed by atoms with Crippen LogP contribution < -0.4 is 9.62 Å². The molecule has 0 unspecified atom stereocenters. The lowest BCUT2D eigenvalue weighted by Gasteiger charge is -2.30. The Labute approximate surface area is 146 Å². The number of nitrogens with one attached hydrogen (secondary N) is 1. The van der Waals surface area contributed by atoms with Crippen LogP contribution in [0.1, 0.15) is 23.8 Å². The molecular formula is C17H20N2O3S2. The summed E-state index contributed by atoms with van der Waals surface area (Å²) in [6.07, 6.45) is 1.96. The fourth-order valence-corrected chi connectivity index (χ4v) is 4.76. The molecule has 1 amide bonds. The molecule has 2 aromatic rings. The van der Waals surface area contributed by atoms with Crippen molar-refractivity contribution < 1.29 is 13.2 Å². The zero-order valence-electron chi connectivity index (χ0n) is 13.5. The number of anilines is 2. The van der Waals surface area contributed by atoms with E-state index in [1.807, 2.05) is 23.6 Å². The summed E-state index contributed by atoms with van der Waals surface area (Å²) >= 11 is 1.56. The molecule has 0 atom stereocenters. The third-order valence-corrected chi connectivity index (χ3v) is 6.71. The van der Waals surface area contributed by atoms with E-state index < -0.39 is 10.0 Å². The molecule has 3 rings (SSSR count). The number of carbonyl (C=O) groups is 1. The monoisotopic (exact) mass is 364 g/mol. The van der Waals surface area contributed by atoms with Gasteiger partial charge in [-0.05, 0) is 55.0 Å². The Balaban J connectivity index is 1.77. The van der Waals surface area contributed by atoms with Crippen LogP contribution in [0.3, 0.4) is 0 Å². The van der Waals surface area contributed by atoms with E-state index in [9.17, 15) is 13.2 Å². The number of aryl methyl sites for hydroxylation is 1. The van der Waals surface area contributed by atoms with Crippen LogP contribution in [0.15, 0.2) is 35.7 Å². The highest BCUT2D eigenvalue weighted by molar-refractivity contribution is 7.92. The average molecular weight is 364 g/mol. The Morgan fingerprint density at radius 3 is 2.88 bits per heavy atom. The molecular weight excluding hydrogens is 344 g/mol. The fraction of sp³-hybridized carbons (Fsp3) is 0.353. The van der Waals surface area contributed by atoms with Gasteiger partial charge in [0.15, 0.2) is 0 Å². The largest absolute Gasteiger partial charge is 0.326 e. The molecule has 128 valence electrons. The predicted octanol–water partition coefficient (Wildman–Crippen LogP) is 3.03. The van der Waals surface area contributed by atoms with Gasteiger partial charge in [-0.3, -0.25) is 9.10 Å². The van der Waals surface area contributed by atoms with Crippen molar-refractivity contribution in [2.75, 3.05) is 21.9 Å². The number of amides is 1. The number of hydrogen-bond donors (Lipinski definition) is 1. The molecule has 1 aromatic heterocycles. The first kappa shape index (κ1) is 17.0. The number of carbonyl (C=O) groups excluding carboxylic acids is 1. The topological polar surface area (TPSA) is 66.5 Å². The quantitative estimate of drug-likeness (QED) is 0.887. The van der Waals surface area contributed by atoms with E-state index in [1.54, 1.807) is 30.4 Å². The van der Waals surface area contributed by atoms with E-state index in [4.69, 9.17) is 0 Å². The molecule has 1 aliphatic heterocycles. The van der Waals surface area contributed by atoms with Crippen LogP contribution >= 0.6 is 11.3 Å². The van der Waals surface area contributed by atoms with Crippen LogP contribution in [-0.4, -0.2) is 26.6 Å². The Morgan fingerprint density at radius 1 is 1.33 bits per heavy atom. The second kappa shape index (κ2) is 6.94. The van der Waals surface area contributed by atoms with Gasteiger partial charge in [0.2, 0.25) is 15.9 Å². The Bertz CT molecular complexity index is 830. The minimum absolute atomic E-state index is 0.0637. The van der Waals surface area contributed by atoms with E-state index in [0.29, 0.717) is 18.7 Å². The van der Waals surface area contributed by atoms with Crippen LogP contribution in [0.2, 0.25) is 0 Å². The van der Waals surface area contributed by atoms with Crippen molar-refractivity contribution in [1.82, 2.24) is 0 Å². The maximum Gasteiger partial charge on any atom is 0.234 e. The van der Waals surface area contributed by atoms with Gasteiger partial charge in [0.25, 0.3) is 0 Å².